The standard InChI is InChI=1S/C36H33N3.Pt/c1-35(2,3)25-19-27(23-12-11-13-24(18-23)31-14-7-9-16-37-31)33-28(20-25)29-21-26(36(4,5)6)22-30(34(29)39-33)32-15-8-10-17-38-32;/h7-17,19-22H,1-6H3;/q-2;+2. The van der Waals surface area contributed by atoms with Gasteiger partial charge in [0.05, 0.1) is 5.69 Å². The third kappa shape index (κ3) is 5.16. The summed E-state index contributed by atoms with van der Waals surface area (Å²) in [7, 11) is 0. The van der Waals surface area contributed by atoms with E-state index in [-0.39, 0.29) is 31.9 Å². The van der Waals surface area contributed by atoms with Crippen LogP contribution in [0, 0.1) is 6.07 Å². The van der Waals surface area contributed by atoms with Gasteiger partial charge in [-0.3, -0.25) is 9.97 Å². The summed E-state index contributed by atoms with van der Waals surface area (Å²) in [5.74, 6) is 0. The molecule has 3 nitrogen and oxygen atoms in total. The van der Waals surface area contributed by atoms with Crippen LogP contribution in [-0.2, 0) is 31.9 Å². The fraction of sp³-hybridized carbons (Fsp3) is 0.222. The maximum Gasteiger partial charge on any atom is 2.00 e. The van der Waals surface area contributed by atoms with Gasteiger partial charge >= 0.3 is 21.1 Å². The van der Waals surface area contributed by atoms with Crippen LogP contribution in [0.15, 0.2) is 91.3 Å². The van der Waals surface area contributed by atoms with Crippen LogP contribution < -0.4 is 4.98 Å². The van der Waals surface area contributed by atoms with Crippen LogP contribution in [0.4, 0.5) is 0 Å². The zero-order valence-corrected chi connectivity index (χ0v) is 26.1. The van der Waals surface area contributed by atoms with E-state index in [2.05, 4.69) is 101 Å². The second kappa shape index (κ2) is 10.4. The van der Waals surface area contributed by atoms with Gasteiger partial charge in [-0.1, -0.05) is 95.1 Å². The van der Waals surface area contributed by atoms with Gasteiger partial charge < -0.3 is 4.98 Å². The first kappa shape index (κ1) is 28.0. The van der Waals surface area contributed by atoms with E-state index in [4.69, 9.17) is 9.97 Å². The molecule has 4 heteroatoms. The molecule has 0 amide bonds. The van der Waals surface area contributed by atoms with E-state index in [0.29, 0.717) is 0 Å². The van der Waals surface area contributed by atoms with Crippen molar-refractivity contribution in [3.63, 3.8) is 0 Å². The smallest absolute Gasteiger partial charge is 0.662 e. The van der Waals surface area contributed by atoms with Gasteiger partial charge in [0.2, 0.25) is 0 Å². The van der Waals surface area contributed by atoms with Crippen molar-refractivity contribution in [1.29, 1.82) is 0 Å². The summed E-state index contributed by atoms with van der Waals surface area (Å²) in [6.45, 7) is 13.6. The summed E-state index contributed by atoms with van der Waals surface area (Å²) in [6.07, 6.45) is 3.68. The predicted octanol–water partition coefficient (Wildman–Crippen LogP) is 9.13. The third-order valence-corrected chi connectivity index (χ3v) is 7.43. The van der Waals surface area contributed by atoms with Gasteiger partial charge in [0.15, 0.2) is 0 Å². The van der Waals surface area contributed by atoms with Crippen LogP contribution >= 0.6 is 0 Å². The quantitative estimate of drug-likeness (QED) is 0.173. The molecule has 0 unspecified atom stereocenters. The molecule has 0 saturated carbocycles. The molecule has 6 rings (SSSR count). The third-order valence-electron chi connectivity index (χ3n) is 7.43. The van der Waals surface area contributed by atoms with Crippen LogP contribution in [0.1, 0.15) is 52.7 Å². The van der Waals surface area contributed by atoms with Crippen LogP contribution in [0.3, 0.4) is 0 Å². The maximum atomic E-state index is 5.34. The minimum Gasteiger partial charge on any atom is -0.662 e. The molecule has 0 atom stereocenters. The van der Waals surface area contributed by atoms with Gasteiger partial charge in [0.1, 0.15) is 0 Å². The Morgan fingerprint density at radius 2 is 1.10 bits per heavy atom. The average molecular weight is 703 g/mol. The summed E-state index contributed by atoms with van der Waals surface area (Å²) >= 11 is 0. The summed E-state index contributed by atoms with van der Waals surface area (Å²) < 4.78 is 0. The van der Waals surface area contributed by atoms with Crippen LogP contribution in [0.25, 0.3) is 55.4 Å². The molecule has 40 heavy (non-hydrogen) atoms. The van der Waals surface area contributed by atoms with Crippen LogP contribution in [0.5, 0.6) is 0 Å². The van der Waals surface area contributed by atoms with E-state index < -0.39 is 0 Å². The molecule has 0 aliphatic carbocycles. The van der Waals surface area contributed by atoms with Crippen LogP contribution in [-0.4, -0.2) is 9.97 Å². The van der Waals surface area contributed by atoms with E-state index >= 15 is 0 Å². The number of pyridine rings is 2. The largest absolute Gasteiger partial charge is 2.00 e. The normalized spacial score (nSPS) is 12.1. The Balaban J connectivity index is 0.00000323. The van der Waals surface area contributed by atoms with Crippen molar-refractivity contribution in [2.24, 2.45) is 0 Å². The molecule has 3 aromatic carbocycles. The maximum absolute atomic E-state index is 5.34. The number of benzene rings is 3. The molecule has 202 valence electrons. The van der Waals surface area contributed by atoms with Gasteiger partial charge in [0, 0.05) is 18.1 Å². The molecule has 0 radical (unpaired) electrons. The van der Waals surface area contributed by atoms with Gasteiger partial charge in [-0.15, -0.1) is 35.3 Å². The van der Waals surface area contributed by atoms with Crippen molar-refractivity contribution in [2.75, 3.05) is 0 Å². The van der Waals surface area contributed by atoms with Gasteiger partial charge in [-0.2, -0.15) is 5.52 Å². The molecule has 0 fully saturated rings. The van der Waals surface area contributed by atoms with E-state index in [0.717, 1.165) is 44.7 Å². The Bertz CT molecular complexity index is 1810. The summed E-state index contributed by atoms with van der Waals surface area (Å²) in [5.41, 5.74) is 10.5. The second-order valence-electron chi connectivity index (χ2n) is 12.4. The van der Waals surface area contributed by atoms with E-state index in [1.165, 1.54) is 21.9 Å². The summed E-state index contributed by atoms with van der Waals surface area (Å²) in [4.78, 5) is 14.6. The Labute approximate surface area is 251 Å². The number of fused-ring (bicyclic) bond motifs is 3. The van der Waals surface area contributed by atoms with Gasteiger partial charge in [-0.25, -0.2) is 0 Å². The molecule has 0 aliphatic heterocycles. The first-order valence-corrected chi connectivity index (χ1v) is 13.5. The molecule has 3 aromatic heterocycles. The Morgan fingerprint density at radius 3 is 1.65 bits per heavy atom. The minimum absolute atomic E-state index is 0. The minimum atomic E-state index is -0.0312. The van der Waals surface area contributed by atoms with E-state index in [1.807, 2.05) is 42.7 Å². The number of hydrogen-bond acceptors (Lipinski definition) is 2. The number of aromatic nitrogens is 3. The summed E-state index contributed by atoms with van der Waals surface area (Å²) in [5, 5.41) is 2.35. The van der Waals surface area contributed by atoms with Crippen molar-refractivity contribution < 1.29 is 21.1 Å². The molecule has 0 N–H and O–H groups in total. The first-order valence-electron chi connectivity index (χ1n) is 13.5. The fourth-order valence-electron chi connectivity index (χ4n) is 5.12. The topological polar surface area (TPSA) is 39.9 Å². The molecule has 6 aromatic rings. The fourth-order valence-corrected chi connectivity index (χ4v) is 5.12. The summed E-state index contributed by atoms with van der Waals surface area (Å²) in [6, 6.07) is 31.3. The molecule has 3 heterocycles. The monoisotopic (exact) mass is 702 g/mol. The zero-order valence-electron chi connectivity index (χ0n) is 23.8. The van der Waals surface area contributed by atoms with E-state index in [1.54, 1.807) is 0 Å². The second-order valence-corrected chi connectivity index (χ2v) is 12.4. The SMILES string of the molecule is CC(C)(C)c1cc(-c2[c-]c(-c3ccccn3)ccc2)c2[n-]c3c(-c4ccccn4)cc(C(C)(C)C)cc3c2c1.[Pt+2]. The number of nitrogens with zero attached hydrogens (tertiary/aromatic N) is 3. The van der Waals surface area contributed by atoms with Gasteiger partial charge in [0.25, 0.3) is 0 Å². The average Bonchev–Trinajstić information content (AvgIpc) is 3.31. The Kier molecular flexibility index (Phi) is 7.31. The molecule has 0 saturated heterocycles. The van der Waals surface area contributed by atoms with E-state index in [9.17, 15) is 0 Å². The molecule has 0 aliphatic rings. The van der Waals surface area contributed by atoms with Crippen molar-refractivity contribution in [3.05, 3.63) is 108 Å². The van der Waals surface area contributed by atoms with Crippen molar-refractivity contribution in [3.8, 4) is 33.6 Å². The first-order chi connectivity index (χ1) is 18.6. The van der Waals surface area contributed by atoms with Crippen LogP contribution in [0.2, 0.25) is 0 Å². The van der Waals surface area contributed by atoms with Crippen molar-refractivity contribution >= 4 is 21.8 Å². The Hall–Kier alpha value is -3.55. The molecular formula is C36H33N3Pt. The molecule has 0 bridgehead atoms. The van der Waals surface area contributed by atoms with Crippen molar-refractivity contribution in [2.45, 2.75) is 52.4 Å². The number of hydrogen-bond donors (Lipinski definition) is 0. The van der Waals surface area contributed by atoms with Gasteiger partial charge in [-0.05, 0) is 56.5 Å². The van der Waals surface area contributed by atoms with Crippen molar-refractivity contribution in [1.82, 2.24) is 15.0 Å². The predicted molar refractivity (Wildman–Crippen MR) is 163 cm³/mol. The Morgan fingerprint density at radius 1 is 0.575 bits per heavy atom. The number of rotatable bonds is 3. The molecule has 0 spiro atoms. The molecular weight excluding hydrogens is 669 g/mol. The zero-order chi connectivity index (χ0) is 27.4.